The number of benzene rings is 4. The number of hydrogen-bond acceptors (Lipinski definition) is 5. The van der Waals surface area contributed by atoms with Crippen LogP contribution in [-0.2, 0) is 9.59 Å². The Morgan fingerprint density at radius 2 is 1.23 bits per heavy atom. The predicted octanol–water partition coefficient (Wildman–Crippen LogP) is 5.35. The Morgan fingerprint density at radius 1 is 0.700 bits per heavy atom. The van der Waals surface area contributed by atoms with E-state index >= 15 is 0 Å². The standard InChI is InChI=1S/C33H26N2O5/c1-39-18-15-16-24(26(17-18)40-2)34-31(36)23-13-7-8-14-25(23)35-32(37)29-27-19-9-3-4-10-20(19)28(30(29)33(35)38)22-12-6-5-11-21(22)27/h3-17,27-30H,1-2H3,(H,34,36)/t27?,28?,29-,30+. The zero-order valence-electron chi connectivity index (χ0n) is 22.0. The molecule has 3 amide bonds. The van der Waals surface area contributed by atoms with Crippen LogP contribution in [0.1, 0.15) is 44.4 Å². The van der Waals surface area contributed by atoms with E-state index in [1.54, 1.807) is 49.6 Å². The lowest BCUT2D eigenvalue weighted by Gasteiger charge is -2.45. The summed E-state index contributed by atoms with van der Waals surface area (Å²) < 4.78 is 10.7. The number of hydrogen-bond donors (Lipinski definition) is 1. The minimum absolute atomic E-state index is 0.214. The fraction of sp³-hybridized carbons (Fsp3) is 0.182. The Morgan fingerprint density at radius 3 is 1.75 bits per heavy atom. The molecule has 0 aromatic heterocycles. The van der Waals surface area contributed by atoms with Gasteiger partial charge in [0, 0.05) is 17.9 Å². The van der Waals surface area contributed by atoms with E-state index in [0.29, 0.717) is 17.2 Å². The topological polar surface area (TPSA) is 84.9 Å². The van der Waals surface area contributed by atoms with Gasteiger partial charge < -0.3 is 14.8 Å². The van der Waals surface area contributed by atoms with E-state index in [2.05, 4.69) is 29.6 Å². The number of carbonyl (C=O) groups excluding carboxylic acids is 3. The van der Waals surface area contributed by atoms with E-state index in [1.807, 2.05) is 24.3 Å². The van der Waals surface area contributed by atoms with Gasteiger partial charge in [-0.15, -0.1) is 0 Å². The summed E-state index contributed by atoms with van der Waals surface area (Å²) in [6.07, 6.45) is 0. The van der Waals surface area contributed by atoms with Gasteiger partial charge in [0.05, 0.1) is 43.0 Å². The lowest BCUT2D eigenvalue weighted by Crippen LogP contribution is -2.41. The predicted molar refractivity (Wildman–Crippen MR) is 150 cm³/mol. The highest BCUT2D eigenvalue weighted by atomic mass is 16.5. The molecule has 4 aliphatic rings. The maximum atomic E-state index is 14.2. The second-order valence-corrected chi connectivity index (χ2v) is 10.3. The Balaban J connectivity index is 1.29. The molecule has 0 spiro atoms. The number of methoxy groups -OCH3 is 2. The van der Waals surface area contributed by atoms with E-state index < -0.39 is 17.7 Å². The van der Waals surface area contributed by atoms with Crippen molar-refractivity contribution >= 4 is 29.1 Å². The van der Waals surface area contributed by atoms with Gasteiger partial charge in [0.15, 0.2) is 0 Å². The van der Waals surface area contributed by atoms with Crippen LogP contribution in [0.3, 0.4) is 0 Å². The van der Waals surface area contributed by atoms with Crippen LogP contribution in [-0.4, -0.2) is 31.9 Å². The third-order valence-electron chi connectivity index (χ3n) is 8.49. The van der Waals surface area contributed by atoms with Crippen LogP contribution >= 0.6 is 0 Å². The highest BCUT2D eigenvalue weighted by Gasteiger charge is 2.62. The van der Waals surface area contributed by atoms with E-state index in [0.717, 1.165) is 22.3 Å². The number of para-hydroxylation sites is 1. The first-order valence-corrected chi connectivity index (χ1v) is 13.2. The first-order valence-electron chi connectivity index (χ1n) is 13.2. The van der Waals surface area contributed by atoms with Crippen molar-refractivity contribution in [2.24, 2.45) is 11.8 Å². The molecular formula is C33H26N2O5. The average molecular weight is 531 g/mol. The molecule has 0 saturated carbocycles. The Labute approximate surface area is 231 Å². The number of nitrogens with one attached hydrogen (secondary N) is 1. The maximum Gasteiger partial charge on any atom is 0.257 e. The summed E-state index contributed by atoms with van der Waals surface area (Å²) in [7, 11) is 3.06. The molecule has 1 N–H and O–H groups in total. The highest BCUT2D eigenvalue weighted by molar-refractivity contribution is 6.26. The molecule has 4 aromatic carbocycles. The molecule has 2 atom stereocenters. The smallest absolute Gasteiger partial charge is 0.257 e. The molecule has 198 valence electrons. The van der Waals surface area contributed by atoms with Crippen molar-refractivity contribution in [3.63, 3.8) is 0 Å². The van der Waals surface area contributed by atoms with Crippen LogP contribution in [0.5, 0.6) is 11.5 Å². The van der Waals surface area contributed by atoms with Gasteiger partial charge in [-0.25, -0.2) is 4.90 Å². The third kappa shape index (κ3) is 3.33. The summed E-state index contributed by atoms with van der Waals surface area (Å²) in [6, 6.07) is 28.1. The molecule has 1 saturated heterocycles. The van der Waals surface area contributed by atoms with E-state index in [9.17, 15) is 14.4 Å². The number of rotatable bonds is 5. The molecule has 8 rings (SSSR count). The average Bonchev–Trinajstić information content (AvgIpc) is 3.27. The fourth-order valence-corrected chi connectivity index (χ4v) is 6.87. The van der Waals surface area contributed by atoms with Crippen LogP contribution in [0.15, 0.2) is 91.0 Å². The number of nitrogens with zero attached hydrogens (tertiary/aromatic N) is 1. The quantitative estimate of drug-likeness (QED) is 0.352. The largest absolute Gasteiger partial charge is 0.497 e. The van der Waals surface area contributed by atoms with Crippen LogP contribution in [0.2, 0.25) is 0 Å². The SMILES string of the molecule is COc1ccc(NC(=O)c2ccccc2N2C(=O)[C@@H]3C4c5ccccc5C(c5ccccc54)[C@@H]3C2=O)c(OC)c1. The Hall–Kier alpha value is -4.91. The third-order valence-corrected chi connectivity index (χ3v) is 8.49. The second kappa shape index (κ2) is 9.09. The zero-order valence-corrected chi connectivity index (χ0v) is 22.0. The summed E-state index contributed by atoms with van der Waals surface area (Å²) in [4.78, 5) is 43.2. The van der Waals surface area contributed by atoms with Crippen molar-refractivity contribution in [3.05, 3.63) is 119 Å². The van der Waals surface area contributed by atoms with Crippen molar-refractivity contribution in [2.75, 3.05) is 24.4 Å². The van der Waals surface area contributed by atoms with Gasteiger partial charge in [-0.3, -0.25) is 14.4 Å². The molecule has 2 bridgehead atoms. The molecule has 0 unspecified atom stereocenters. The van der Waals surface area contributed by atoms with Crippen molar-refractivity contribution in [1.82, 2.24) is 0 Å². The van der Waals surface area contributed by atoms with E-state index in [-0.39, 0.29) is 34.9 Å². The first kappa shape index (κ1) is 24.2. The van der Waals surface area contributed by atoms with Gasteiger partial charge in [-0.05, 0) is 46.5 Å². The van der Waals surface area contributed by atoms with Gasteiger partial charge in [0.25, 0.3) is 5.91 Å². The molecule has 7 nitrogen and oxygen atoms in total. The first-order chi connectivity index (χ1) is 19.5. The van der Waals surface area contributed by atoms with Crippen LogP contribution < -0.4 is 19.7 Å². The highest BCUT2D eigenvalue weighted by Crippen LogP contribution is 2.61. The summed E-state index contributed by atoms with van der Waals surface area (Å²) in [5, 5.41) is 2.87. The minimum atomic E-state index is -0.528. The summed E-state index contributed by atoms with van der Waals surface area (Å²) in [6.45, 7) is 0. The van der Waals surface area contributed by atoms with Crippen LogP contribution in [0.25, 0.3) is 0 Å². The normalized spacial score (nSPS) is 21.9. The van der Waals surface area contributed by atoms with Crippen molar-refractivity contribution in [3.8, 4) is 11.5 Å². The molecule has 7 heteroatoms. The van der Waals surface area contributed by atoms with Crippen molar-refractivity contribution in [2.45, 2.75) is 11.8 Å². The molecule has 1 heterocycles. The zero-order chi connectivity index (χ0) is 27.5. The van der Waals surface area contributed by atoms with E-state index in [1.165, 1.54) is 12.0 Å². The van der Waals surface area contributed by atoms with Gasteiger partial charge in [0.2, 0.25) is 11.8 Å². The van der Waals surface area contributed by atoms with Crippen LogP contribution in [0.4, 0.5) is 11.4 Å². The Kier molecular flexibility index (Phi) is 5.49. The van der Waals surface area contributed by atoms with Gasteiger partial charge in [-0.1, -0.05) is 60.7 Å². The molecular weight excluding hydrogens is 504 g/mol. The van der Waals surface area contributed by atoms with Gasteiger partial charge >= 0.3 is 0 Å². The molecule has 4 aromatic rings. The fourth-order valence-electron chi connectivity index (χ4n) is 6.87. The molecule has 0 radical (unpaired) electrons. The molecule has 40 heavy (non-hydrogen) atoms. The molecule has 1 fully saturated rings. The number of imide groups is 1. The summed E-state index contributed by atoms with van der Waals surface area (Å²) in [5.74, 6) is -1.46. The van der Waals surface area contributed by atoms with Crippen molar-refractivity contribution < 1.29 is 23.9 Å². The second-order valence-electron chi connectivity index (χ2n) is 10.3. The number of anilines is 2. The van der Waals surface area contributed by atoms with Gasteiger partial charge in [-0.2, -0.15) is 0 Å². The molecule has 3 aliphatic carbocycles. The monoisotopic (exact) mass is 530 g/mol. The summed E-state index contributed by atoms with van der Waals surface area (Å²) in [5.41, 5.74) is 5.37. The van der Waals surface area contributed by atoms with E-state index in [4.69, 9.17) is 9.47 Å². The maximum absolute atomic E-state index is 14.2. The number of amides is 3. The minimum Gasteiger partial charge on any atom is -0.497 e. The lowest BCUT2D eigenvalue weighted by molar-refractivity contribution is -0.122. The summed E-state index contributed by atoms with van der Waals surface area (Å²) >= 11 is 0. The number of carbonyl (C=O) groups is 3. The van der Waals surface area contributed by atoms with Gasteiger partial charge in [0.1, 0.15) is 11.5 Å². The van der Waals surface area contributed by atoms with Crippen LogP contribution in [0, 0.1) is 11.8 Å². The number of ether oxygens (including phenoxy) is 2. The lowest BCUT2D eigenvalue weighted by atomic mass is 9.55. The Bertz CT molecular complexity index is 1600. The van der Waals surface area contributed by atoms with Crippen molar-refractivity contribution in [1.29, 1.82) is 0 Å². The molecule has 1 aliphatic heterocycles.